The molecule has 0 saturated carbocycles. The Morgan fingerprint density at radius 1 is 1.04 bits per heavy atom. The molecule has 2 aromatic rings. The second-order valence-corrected chi connectivity index (χ2v) is 6.91. The predicted molar refractivity (Wildman–Crippen MR) is 105 cm³/mol. The Balaban J connectivity index is 0.00000136. The van der Waals surface area contributed by atoms with Gasteiger partial charge in [-0.2, -0.15) is 13.2 Å². The Morgan fingerprint density at radius 3 is 2.25 bits per heavy atom. The number of carboxylic acids is 1. The molecule has 1 unspecified atom stereocenters. The molecule has 0 spiro atoms. The van der Waals surface area contributed by atoms with Crippen LogP contribution in [0.15, 0.2) is 42.5 Å². The van der Waals surface area contributed by atoms with Gasteiger partial charge in [-0.15, -0.1) is 0 Å². The predicted octanol–water partition coefficient (Wildman–Crippen LogP) is 6.41. The van der Waals surface area contributed by atoms with Gasteiger partial charge in [0, 0.05) is 0 Å². The van der Waals surface area contributed by atoms with Crippen molar-refractivity contribution in [1.82, 2.24) is 0 Å². The highest BCUT2D eigenvalue weighted by Gasteiger charge is 2.29. The number of aryl methyl sites for hydroxylation is 3. The van der Waals surface area contributed by atoms with E-state index in [-0.39, 0.29) is 12.3 Å². The molecular weight excluding hydrogens is 365 g/mol. The van der Waals surface area contributed by atoms with Crippen LogP contribution in [0.3, 0.4) is 0 Å². The van der Waals surface area contributed by atoms with Crippen molar-refractivity contribution in [2.75, 3.05) is 0 Å². The normalized spacial score (nSPS) is 16.0. The number of rotatable bonds is 5. The highest BCUT2D eigenvalue weighted by molar-refractivity contribution is 5.68. The zero-order valence-electron chi connectivity index (χ0n) is 16.4. The summed E-state index contributed by atoms with van der Waals surface area (Å²) in [4.78, 5) is 11.0. The van der Waals surface area contributed by atoms with Crippen LogP contribution in [0, 0.1) is 0 Å². The Kier molecular flexibility index (Phi) is 7.67. The smallest absolute Gasteiger partial charge is 0.416 e. The molecule has 0 bridgehead atoms. The van der Waals surface area contributed by atoms with Gasteiger partial charge < -0.3 is 5.11 Å². The topological polar surface area (TPSA) is 37.3 Å². The number of alkyl halides is 3. The van der Waals surface area contributed by atoms with Crippen LogP contribution in [-0.2, 0) is 30.2 Å². The molecule has 28 heavy (non-hydrogen) atoms. The van der Waals surface area contributed by atoms with E-state index < -0.39 is 17.7 Å². The molecule has 1 aliphatic rings. The zero-order valence-corrected chi connectivity index (χ0v) is 16.4. The number of hydrogen-bond donors (Lipinski definition) is 1. The van der Waals surface area contributed by atoms with E-state index in [0.29, 0.717) is 6.42 Å². The second-order valence-electron chi connectivity index (χ2n) is 6.91. The molecule has 0 amide bonds. The number of carboxylic acid groups (broad SMARTS) is 1. The van der Waals surface area contributed by atoms with Crippen molar-refractivity contribution in [3.63, 3.8) is 0 Å². The molecule has 1 N–H and O–H groups in total. The van der Waals surface area contributed by atoms with E-state index >= 15 is 0 Å². The first-order valence-corrected chi connectivity index (χ1v) is 9.82. The van der Waals surface area contributed by atoms with Crippen LogP contribution in [0.25, 0.3) is 0 Å². The molecule has 152 valence electrons. The van der Waals surface area contributed by atoms with E-state index in [1.165, 1.54) is 17.7 Å². The van der Waals surface area contributed by atoms with E-state index in [9.17, 15) is 18.0 Å². The highest BCUT2D eigenvalue weighted by atomic mass is 19.4. The molecular formula is C23H27F3O2. The fourth-order valence-corrected chi connectivity index (χ4v) is 3.70. The summed E-state index contributed by atoms with van der Waals surface area (Å²) in [5.41, 5.74) is 3.74. The van der Waals surface area contributed by atoms with Crippen molar-refractivity contribution < 1.29 is 23.1 Å². The third kappa shape index (κ3) is 5.85. The number of carbonyl (C=O) groups is 1. The van der Waals surface area contributed by atoms with Crippen LogP contribution < -0.4 is 0 Å². The third-order valence-corrected chi connectivity index (χ3v) is 5.05. The lowest BCUT2D eigenvalue weighted by atomic mass is 9.80. The molecule has 3 rings (SSSR count). The maximum atomic E-state index is 12.6. The van der Waals surface area contributed by atoms with Gasteiger partial charge in [-0.1, -0.05) is 44.2 Å². The van der Waals surface area contributed by atoms with Gasteiger partial charge in [-0.3, -0.25) is 4.79 Å². The number of aliphatic carboxylic acids is 1. The summed E-state index contributed by atoms with van der Waals surface area (Å²) in [6, 6.07) is 11.5. The van der Waals surface area contributed by atoms with Gasteiger partial charge in [0.25, 0.3) is 0 Å². The zero-order chi connectivity index (χ0) is 20.7. The van der Waals surface area contributed by atoms with Crippen molar-refractivity contribution in [2.24, 2.45) is 0 Å². The summed E-state index contributed by atoms with van der Waals surface area (Å²) in [5.74, 6) is -0.686. The molecule has 0 radical (unpaired) electrons. The van der Waals surface area contributed by atoms with E-state index in [2.05, 4.69) is 6.07 Å². The Labute approximate surface area is 164 Å². The van der Waals surface area contributed by atoms with Gasteiger partial charge >= 0.3 is 12.1 Å². The van der Waals surface area contributed by atoms with Gasteiger partial charge in [0.1, 0.15) is 0 Å². The van der Waals surface area contributed by atoms with Crippen molar-refractivity contribution in [1.29, 1.82) is 0 Å². The number of benzene rings is 2. The molecule has 0 heterocycles. The first-order valence-electron chi connectivity index (χ1n) is 9.82. The monoisotopic (exact) mass is 392 g/mol. The molecule has 1 aliphatic carbocycles. The van der Waals surface area contributed by atoms with E-state index in [4.69, 9.17) is 5.11 Å². The lowest BCUT2D eigenvalue weighted by Gasteiger charge is -2.25. The van der Waals surface area contributed by atoms with E-state index in [1.54, 1.807) is 0 Å². The van der Waals surface area contributed by atoms with Crippen LogP contribution in [0.4, 0.5) is 13.2 Å². The molecule has 0 aromatic heterocycles. The van der Waals surface area contributed by atoms with Gasteiger partial charge in [-0.05, 0) is 72.4 Å². The minimum Gasteiger partial charge on any atom is -0.481 e. The maximum absolute atomic E-state index is 12.6. The van der Waals surface area contributed by atoms with Crippen LogP contribution in [-0.4, -0.2) is 11.1 Å². The first kappa shape index (κ1) is 22.0. The average molecular weight is 392 g/mol. The van der Waals surface area contributed by atoms with Crippen LogP contribution >= 0.6 is 0 Å². The summed E-state index contributed by atoms with van der Waals surface area (Å²) in [5, 5.41) is 9.06. The molecule has 0 saturated heterocycles. The van der Waals surface area contributed by atoms with Gasteiger partial charge in [-0.25, -0.2) is 0 Å². The summed E-state index contributed by atoms with van der Waals surface area (Å²) in [6.45, 7) is 4.00. The van der Waals surface area contributed by atoms with Crippen molar-refractivity contribution >= 4 is 5.97 Å². The van der Waals surface area contributed by atoms with E-state index in [1.807, 2.05) is 26.0 Å². The quantitative estimate of drug-likeness (QED) is 0.638. The summed E-state index contributed by atoms with van der Waals surface area (Å²) in [7, 11) is 0. The lowest BCUT2D eigenvalue weighted by Crippen LogP contribution is -2.14. The second kappa shape index (κ2) is 9.76. The summed E-state index contributed by atoms with van der Waals surface area (Å²) >= 11 is 0. The third-order valence-electron chi connectivity index (χ3n) is 5.05. The SMILES string of the molecule is CC.O=C(O)CC1CCCc2cc(CCc3ccc(C(F)(F)F)cc3)ccc21. The maximum Gasteiger partial charge on any atom is 0.416 e. The van der Waals surface area contributed by atoms with Crippen LogP contribution in [0.5, 0.6) is 0 Å². The largest absolute Gasteiger partial charge is 0.481 e. The minimum atomic E-state index is -4.30. The standard InChI is InChI=1S/C21H21F3O2.C2H6/c22-21(23,24)18-9-6-14(7-10-18)4-5-15-8-11-19-16(12-15)2-1-3-17(19)13-20(25)26;1-2/h6-12,17H,1-5,13H2,(H,25,26);1-2H3. The molecule has 5 heteroatoms. The van der Waals surface area contributed by atoms with Crippen LogP contribution in [0.2, 0.25) is 0 Å². The Bertz CT molecular complexity index is 779. The summed E-state index contributed by atoms with van der Waals surface area (Å²) in [6.07, 6.45) is 0.149. The number of fused-ring (bicyclic) bond motifs is 1. The number of hydrogen-bond acceptors (Lipinski definition) is 1. The molecule has 0 fully saturated rings. The Morgan fingerprint density at radius 2 is 1.64 bits per heavy atom. The fourth-order valence-electron chi connectivity index (χ4n) is 3.70. The average Bonchev–Trinajstić information content (AvgIpc) is 2.67. The number of halogens is 3. The molecule has 2 nitrogen and oxygen atoms in total. The van der Waals surface area contributed by atoms with Crippen LogP contribution in [0.1, 0.15) is 66.8 Å². The molecule has 1 atom stereocenters. The lowest BCUT2D eigenvalue weighted by molar-refractivity contribution is -0.138. The highest BCUT2D eigenvalue weighted by Crippen LogP contribution is 2.34. The van der Waals surface area contributed by atoms with Crippen molar-refractivity contribution in [3.05, 3.63) is 70.3 Å². The minimum absolute atomic E-state index is 0.0835. The van der Waals surface area contributed by atoms with Gasteiger partial charge in [0.15, 0.2) is 0 Å². The van der Waals surface area contributed by atoms with Crippen molar-refractivity contribution in [2.45, 2.75) is 64.5 Å². The first-order chi connectivity index (χ1) is 13.3. The molecule has 0 aliphatic heterocycles. The van der Waals surface area contributed by atoms with E-state index in [0.717, 1.165) is 54.5 Å². The van der Waals surface area contributed by atoms with Gasteiger partial charge in [0.05, 0.1) is 12.0 Å². The molecule has 2 aromatic carbocycles. The summed E-state index contributed by atoms with van der Waals surface area (Å²) < 4.78 is 37.8. The van der Waals surface area contributed by atoms with Crippen molar-refractivity contribution in [3.8, 4) is 0 Å². The van der Waals surface area contributed by atoms with Gasteiger partial charge in [0.2, 0.25) is 0 Å². The fraction of sp³-hybridized carbons (Fsp3) is 0.435. The Hall–Kier alpha value is -2.30.